The molecular weight excluding hydrogens is 392 g/mol. The molecule has 158 valence electrons. The molecular formula is C23H24N6O2. The summed E-state index contributed by atoms with van der Waals surface area (Å²) in [5, 5.41) is 15.9. The van der Waals surface area contributed by atoms with E-state index in [-0.39, 0.29) is 5.91 Å². The van der Waals surface area contributed by atoms with Gasteiger partial charge >= 0.3 is 0 Å². The van der Waals surface area contributed by atoms with Crippen LogP contribution in [0.3, 0.4) is 0 Å². The molecule has 0 bridgehead atoms. The third-order valence-electron chi connectivity index (χ3n) is 5.25. The fourth-order valence-corrected chi connectivity index (χ4v) is 3.54. The number of hydrogen-bond acceptors (Lipinski definition) is 7. The fraction of sp³-hybridized carbons (Fsp3) is 0.304. The summed E-state index contributed by atoms with van der Waals surface area (Å²) >= 11 is 0. The Bertz CT molecular complexity index is 1050. The van der Waals surface area contributed by atoms with Gasteiger partial charge in [-0.05, 0) is 18.2 Å². The molecule has 0 aliphatic carbocycles. The Hall–Kier alpha value is -3.54. The van der Waals surface area contributed by atoms with E-state index in [9.17, 15) is 4.79 Å². The van der Waals surface area contributed by atoms with Crippen molar-refractivity contribution in [3.63, 3.8) is 0 Å². The Labute approximate surface area is 181 Å². The minimum Gasteiger partial charge on any atom is -0.338 e. The molecule has 4 rings (SSSR count). The van der Waals surface area contributed by atoms with Crippen molar-refractivity contribution in [3.05, 3.63) is 66.1 Å². The standard InChI is InChI=1S/C23H24N6O2/c24-16-18-5-4-8-20(15-18)25-21(30)9-10-28-11-13-29(14-12-28)17-22-26-23(27-31-22)19-6-2-1-3-7-19/h1-8,15H,9-14,17H2,(H,25,30). The van der Waals surface area contributed by atoms with Gasteiger partial charge in [-0.15, -0.1) is 0 Å². The maximum absolute atomic E-state index is 12.2. The van der Waals surface area contributed by atoms with Crippen molar-refractivity contribution in [3.8, 4) is 17.5 Å². The zero-order valence-corrected chi connectivity index (χ0v) is 17.2. The third kappa shape index (κ3) is 5.75. The van der Waals surface area contributed by atoms with E-state index in [0.29, 0.717) is 42.5 Å². The Balaban J connectivity index is 1.19. The van der Waals surface area contributed by atoms with Gasteiger partial charge in [0.25, 0.3) is 0 Å². The van der Waals surface area contributed by atoms with Gasteiger partial charge in [0.2, 0.25) is 17.6 Å². The first-order valence-electron chi connectivity index (χ1n) is 10.3. The predicted molar refractivity (Wildman–Crippen MR) is 116 cm³/mol. The van der Waals surface area contributed by atoms with Crippen LogP contribution < -0.4 is 5.32 Å². The highest BCUT2D eigenvalue weighted by atomic mass is 16.5. The molecule has 8 nitrogen and oxygen atoms in total. The van der Waals surface area contributed by atoms with Gasteiger partial charge < -0.3 is 14.7 Å². The zero-order valence-electron chi connectivity index (χ0n) is 17.2. The second kappa shape index (κ2) is 9.98. The molecule has 1 aliphatic heterocycles. The molecule has 1 aromatic heterocycles. The summed E-state index contributed by atoms with van der Waals surface area (Å²) in [6.07, 6.45) is 0.418. The van der Waals surface area contributed by atoms with Crippen LogP contribution in [-0.4, -0.2) is 58.6 Å². The number of nitrogens with one attached hydrogen (secondary N) is 1. The van der Waals surface area contributed by atoms with Crippen molar-refractivity contribution in [2.75, 3.05) is 38.0 Å². The maximum atomic E-state index is 12.2. The van der Waals surface area contributed by atoms with E-state index in [2.05, 4.69) is 31.3 Å². The number of rotatable bonds is 7. The second-order valence-electron chi connectivity index (χ2n) is 7.49. The molecule has 0 saturated carbocycles. The van der Waals surface area contributed by atoms with E-state index in [0.717, 1.165) is 31.7 Å². The predicted octanol–water partition coefficient (Wildman–Crippen LogP) is 2.75. The highest BCUT2D eigenvalue weighted by Gasteiger charge is 2.20. The van der Waals surface area contributed by atoms with Crippen LogP contribution in [0.2, 0.25) is 0 Å². The van der Waals surface area contributed by atoms with Crippen molar-refractivity contribution in [2.24, 2.45) is 0 Å². The molecule has 0 atom stereocenters. The van der Waals surface area contributed by atoms with Gasteiger partial charge in [0.1, 0.15) is 0 Å². The summed E-state index contributed by atoms with van der Waals surface area (Å²) in [4.78, 5) is 21.3. The van der Waals surface area contributed by atoms with Gasteiger partial charge in [0, 0.05) is 50.4 Å². The van der Waals surface area contributed by atoms with E-state index >= 15 is 0 Å². The number of amides is 1. The SMILES string of the molecule is N#Cc1cccc(NC(=O)CCN2CCN(Cc3nc(-c4ccccc4)no3)CC2)c1. The molecule has 31 heavy (non-hydrogen) atoms. The summed E-state index contributed by atoms with van der Waals surface area (Å²) in [6, 6.07) is 18.8. The summed E-state index contributed by atoms with van der Waals surface area (Å²) in [5.74, 6) is 1.18. The van der Waals surface area contributed by atoms with E-state index in [4.69, 9.17) is 9.78 Å². The number of nitrogens with zero attached hydrogens (tertiary/aromatic N) is 5. The molecule has 8 heteroatoms. The van der Waals surface area contributed by atoms with Crippen LogP contribution in [0.15, 0.2) is 59.1 Å². The first-order valence-corrected chi connectivity index (χ1v) is 10.3. The molecule has 1 N–H and O–H groups in total. The smallest absolute Gasteiger partial charge is 0.241 e. The molecule has 3 aromatic rings. The molecule has 1 aliphatic rings. The fourth-order valence-electron chi connectivity index (χ4n) is 3.54. The zero-order chi connectivity index (χ0) is 21.5. The lowest BCUT2D eigenvalue weighted by Gasteiger charge is -2.33. The lowest BCUT2D eigenvalue weighted by atomic mass is 10.2. The quantitative estimate of drug-likeness (QED) is 0.632. The molecule has 0 spiro atoms. The van der Waals surface area contributed by atoms with Crippen LogP contribution in [0.4, 0.5) is 5.69 Å². The van der Waals surface area contributed by atoms with Crippen LogP contribution in [0.5, 0.6) is 0 Å². The van der Waals surface area contributed by atoms with Gasteiger partial charge in [-0.2, -0.15) is 10.2 Å². The number of carbonyl (C=O) groups excluding carboxylic acids is 1. The van der Waals surface area contributed by atoms with Crippen LogP contribution in [-0.2, 0) is 11.3 Å². The minimum absolute atomic E-state index is 0.0446. The van der Waals surface area contributed by atoms with Crippen molar-refractivity contribution in [1.29, 1.82) is 5.26 Å². The van der Waals surface area contributed by atoms with Gasteiger partial charge in [0.15, 0.2) is 0 Å². The van der Waals surface area contributed by atoms with Gasteiger partial charge in [-0.25, -0.2) is 0 Å². The summed E-state index contributed by atoms with van der Waals surface area (Å²) in [5.41, 5.74) is 2.13. The molecule has 2 aromatic carbocycles. The van der Waals surface area contributed by atoms with Gasteiger partial charge in [0.05, 0.1) is 18.2 Å². The molecule has 0 radical (unpaired) electrons. The lowest BCUT2D eigenvalue weighted by molar-refractivity contribution is -0.116. The monoisotopic (exact) mass is 416 g/mol. The second-order valence-corrected chi connectivity index (χ2v) is 7.49. The van der Waals surface area contributed by atoms with Crippen LogP contribution >= 0.6 is 0 Å². The summed E-state index contributed by atoms with van der Waals surface area (Å²) < 4.78 is 5.41. The van der Waals surface area contributed by atoms with E-state index in [1.54, 1.807) is 24.3 Å². The van der Waals surface area contributed by atoms with Gasteiger partial charge in [-0.3, -0.25) is 9.69 Å². The molecule has 1 amide bonds. The first-order chi connectivity index (χ1) is 15.2. The highest BCUT2D eigenvalue weighted by Crippen LogP contribution is 2.16. The number of anilines is 1. The highest BCUT2D eigenvalue weighted by molar-refractivity contribution is 5.90. The van der Waals surface area contributed by atoms with E-state index in [1.165, 1.54) is 0 Å². The van der Waals surface area contributed by atoms with Gasteiger partial charge in [-0.1, -0.05) is 41.6 Å². The number of carbonyl (C=O) groups is 1. The lowest BCUT2D eigenvalue weighted by Crippen LogP contribution is -2.46. The normalized spacial score (nSPS) is 14.8. The summed E-state index contributed by atoms with van der Waals surface area (Å²) in [7, 11) is 0. The number of aromatic nitrogens is 2. The topological polar surface area (TPSA) is 98.3 Å². The molecule has 1 fully saturated rings. The Kier molecular flexibility index (Phi) is 6.67. The number of nitriles is 1. The van der Waals surface area contributed by atoms with Crippen LogP contribution in [0.1, 0.15) is 17.9 Å². The third-order valence-corrected chi connectivity index (χ3v) is 5.25. The number of benzene rings is 2. The first kappa shape index (κ1) is 20.7. The number of hydrogen-bond donors (Lipinski definition) is 1. The van der Waals surface area contributed by atoms with Crippen molar-refractivity contribution in [1.82, 2.24) is 19.9 Å². The largest absolute Gasteiger partial charge is 0.338 e. The molecule has 2 heterocycles. The van der Waals surface area contributed by atoms with Crippen LogP contribution in [0.25, 0.3) is 11.4 Å². The van der Waals surface area contributed by atoms with Crippen molar-refractivity contribution >= 4 is 11.6 Å². The minimum atomic E-state index is -0.0446. The molecule has 0 unspecified atom stereocenters. The van der Waals surface area contributed by atoms with Crippen molar-refractivity contribution < 1.29 is 9.32 Å². The molecule has 1 saturated heterocycles. The Morgan fingerprint density at radius 3 is 2.61 bits per heavy atom. The Morgan fingerprint density at radius 2 is 1.84 bits per heavy atom. The van der Waals surface area contributed by atoms with Crippen molar-refractivity contribution in [2.45, 2.75) is 13.0 Å². The van der Waals surface area contributed by atoms with E-state index in [1.807, 2.05) is 30.3 Å². The maximum Gasteiger partial charge on any atom is 0.241 e. The average molecular weight is 416 g/mol. The number of piperazine rings is 1. The Morgan fingerprint density at radius 1 is 1.06 bits per heavy atom. The van der Waals surface area contributed by atoms with Crippen LogP contribution in [0, 0.1) is 11.3 Å². The average Bonchev–Trinajstić information content (AvgIpc) is 3.28. The summed E-state index contributed by atoms with van der Waals surface area (Å²) in [6.45, 7) is 4.87. The van der Waals surface area contributed by atoms with E-state index < -0.39 is 0 Å².